The van der Waals surface area contributed by atoms with E-state index in [-0.39, 0.29) is 5.56 Å². The number of fused-ring (bicyclic) bond motifs is 2. The molecule has 0 bridgehead atoms. The lowest BCUT2D eigenvalue weighted by atomic mass is 9.93. The molecule has 0 spiro atoms. The molecule has 6 nitrogen and oxygen atoms in total. The van der Waals surface area contributed by atoms with Crippen molar-refractivity contribution in [3.05, 3.63) is 70.4 Å². The average Bonchev–Trinajstić information content (AvgIpc) is 3.29. The molecule has 1 aromatic carbocycles. The molecule has 132 valence electrons. The number of aromatic amines is 2. The minimum absolute atomic E-state index is 0.0528. The highest BCUT2D eigenvalue weighted by Gasteiger charge is 2.22. The summed E-state index contributed by atoms with van der Waals surface area (Å²) in [5.74, 6) is 0.574. The van der Waals surface area contributed by atoms with Gasteiger partial charge in [0, 0.05) is 42.0 Å². The van der Waals surface area contributed by atoms with Crippen molar-refractivity contribution in [3.63, 3.8) is 0 Å². The van der Waals surface area contributed by atoms with Crippen molar-refractivity contribution >= 4 is 16.6 Å². The van der Waals surface area contributed by atoms with Crippen LogP contribution in [-0.2, 0) is 6.54 Å². The second-order valence-corrected chi connectivity index (χ2v) is 7.10. The largest absolute Gasteiger partial charge is 0.358 e. The topological polar surface area (TPSA) is 69.2 Å². The van der Waals surface area contributed by atoms with E-state index in [0.29, 0.717) is 11.6 Å². The number of rotatable bonds is 3. The Balaban J connectivity index is 1.28. The van der Waals surface area contributed by atoms with E-state index < -0.39 is 0 Å². The van der Waals surface area contributed by atoms with E-state index in [1.807, 2.05) is 6.07 Å². The van der Waals surface area contributed by atoms with Gasteiger partial charge in [-0.15, -0.1) is 0 Å². The third kappa shape index (κ3) is 2.72. The van der Waals surface area contributed by atoms with Crippen LogP contribution in [0.3, 0.4) is 0 Å². The molecular formula is C20H21N5O. The van der Waals surface area contributed by atoms with Gasteiger partial charge in [-0.1, -0.05) is 18.2 Å². The molecule has 5 rings (SSSR count). The monoisotopic (exact) mass is 347 g/mol. The maximum atomic E-state index is 12.1. The molecule has 4 aromatic rings. The number of piperidine rings is 1. The summed E-state index contributed by atoms with van der Waals surface area (Å²) in [5, 5.41) is 4.16. The Kier molecular flexibility index (Phi) is 3.64. The van der Waals surface area contributed by atoms with Crippen LogP contribution >= 0.6 is 0 Å². The summed E-state index contributed by atoms with van der Waals surface area (Å²) < 4.78 is 1.46. The zero-order chi connectivity index (χ0) is 17.5. The Hall–Kier alpha value is -2.86. The molecule has 26 heavy (non-hydrogen) atoms. The number of nitrogens with one attached hydrogen (secondary N) is 2. The summed E-state index contributed by atoms with van der Waals surface area (Å²) in [5.41, 5.74) is 4.03. The number of hydrogen-bond acceptors (Lipinski definition) is 3. The summed E-state index contributed by atoms with van der Waals surface area (Å²) in [7, 11) is 0. The Morgan fingerprint density at radius 3 is 2.81 bits per heavy atom. The maximum Gasteiger partial charge on any atom is 0.272 e. The number of aromatic nitrogens is 4. The van der Waals surface area contributed by atoms with Gasteiger partial charge in [0.15, 0.2) is 5.65 Å². The predicted molar refractivity (Wildman–Crippen MR) is 101 cm³/mol. The van der Waals surface area contributed by atoms with Gasteiger partial charge in [0.05, 0.1) is 5.69 Å². The van der Waals surface area contributed by atoms with Gasteiger partial charge in [-0.2, -0.15) is 0 Å². The number of hydrogen-bond donors (Lipinski definition) is 2. The second kappa shape index (κ2) is 6.14. The molecule has 2 N–H and O–H groups in total. The van der Waals surface area contributed by atoms with E-state index in [1.165, 1.54) is 21.1 Å². The second-order valence-electron chi connectivity index (χ2n) is 7.10. The molecule has 4 heterocycles. The number of benzene rings is 1. The van der Waals surface area contributed by atoms with Crippen LogP contribution in [0.15, 0.2) is 53.5 Å². The summed E-state index contributed by atoms with van der Waals surface area (Å²) >= 11 is 0. The lowest BCUT2D eigenvalue weighted by Crippen LogP contribution is -2.33. The highest BCUT2D eigenvalue weighted by molar-refractivity contribution is 5.80. The van der Waals surface area contributed by atoms with E-state index in [4.69, 9.17) is 0 Å². The summed E-state index contributed by atoms with van der Waals surface area (Å²) in [6, 6.07) is 14.2. The minimum atomic E-state index is -0.0528. The van der Waals surface area contributed by atoms with Crippen LogP contribution < -0.4 is 5.56 Å². The normalized spacial score (nSPS) is 16.6. The van der Waals surface area contributed by atoms with Crippen molar-refractivity contribution in [3.8, 4) is 0 Å². The number of likely N-dealkylation sites (tertiary alicyclic amines) is 1. The fraction of sp³-hybridized carbons (Fsp3) is 0.300. The Morgan fingerprint density at radius 1 is 1.12 bits per heavy atom. The first-order valence-corrected chi connectivity index (χ1v) is 9.12. The molecule has 1 fully saturated rings. The van der Waals surface area contributed by atoms with Gasteiger partial charge >= 0.3 is 0 Å². The van der Waals surface area contributed by atoms with Crippen molar-refractivity contribution in [2.75, 3.05) is 13.1 Å². The Bertz CT molecular complexity index is 1080. The Labute approximate surface area is 150 Å². The van der Waals surface area contributed by atoms with Crippen LogP contribution in [0, 0.1) is 0 Å². The zero-order valence-corrected chi connectivity index (χ0v) is 14.5. The number of para-hydroxylation sites is 1. The van der Waals surface area contributed by atoms with E-state index in [2.05, 4.69) is 50.3 Å². The van der Waals surface area contributed by atoms with Gasteiger partial charge < -0.3 is 4.98 Å². The molecule has 3 aromatic heterocycles. The molecule has 1 aliphatic heterocycles. The van der Waals surface area contributed by atoms with Gasteiger partial charge in [-0.3, -0.25) is 14.8 Å². The molecule has 6 heteroatoms. The standard InChI is InChI=1S/C20H21N5O/c26-20-12-16(22-19-5-8-21-25(19)20)13-24-9-6-14(7-10-24)18-11-15-3-1-2-4-17(15)23-18/h1-5,8,11-12,14,21,23H,6-7,9-10,13H2. The van der Waals surface area contributed by atoms with Crippen LogP contribution in [-0.4, -0.2) is 37.6 Å². The van der Waals surface area contributed by atoms with E-state index in [0.717, 1.165) is 38.2 Å². The number of H-pyrrole nitrogens is 2. The molecular weight excluding hydrogens is 326 g/mol. The van der Waals surface area contributed by atoms with E-state index in [1.54, 1.807) is 12.3 Å². The first-order valence-electron chi connectivity index (χ1n) is 9.12. The fourth-order valence-electron chi connectivity index (χ4n) is 4.01. The third-order valence-corrected chi connectivity index (χ3v) is 5.40. The Morgan fingerprint density at radius 2 is 1.96 bits per heavy atom. The van der Waals surface area contributed by atoms with Gasteiger partial charge in [0.25, 0.3) is 5.56 Å². The minimum Gasteiger partial charge on any atom is -0.358 e. The van der Waals surface area contributed by atoms with Crippen molar-refractivity contribution in [1.29, 1.82) is 0 Å². The van der Waals surface area contributed by atoms with Crippen LogP contribution in [0.4, 0.5) is 0 Å². The van der Waals surface area contributed by atoms with Crippen LogP contribution in [0.1, 0.15) is 30.1 Å². The summed E-state index contributed by atoms with van der Waals surface area (Å²) in [6.45, 7) is 2.78. The smallest absolute Gasteiger partial charge is 0.272 e. The molecule has 1 aliphatic rings. The first-order chi connectivity index (χ1) is 12.8. The lowest BCUT2D eigenvalue weighted by Gasteiger charge is -2.31. The van der Waals surface area contributed by atoms with Crippen LogP contribution in [0.5, 0.6) is 0 Å². The van der Waals surface area contributed by atoms with E-state index >= 15 is 0 Å². The third-order valence-electron chi connectivity index (χ3n) is 5.40. The average molecular weight is 347 g/mol. The van der Waals surface area contributed by atoms with E-state index in [9.17, 15) is 4.79 Å². The maximum absolute atomic E-state index is 12.1. The van der Waals surface area contributed by atoms with Gasteiger partial charge in [0.2, 0.25) is 0 Å². The van der Waals surface area contributed by atoms with Gasteiger partial charge in [-0.25, -0.2) is 9.50 Å². The lowest BCUT2D eigenvalue weighted by molar-refractivity contribution is 0.201. The highest BCUT2D eigenvalue weighted by atomic mass is 16.1. The molecule has 0 atom stereocenters. The highest BCUT2D eigenvalue weighted by Crippen LogP contribution is 2.30. The molecule has 0 radical (unpaired) electrons. The van der Waals surface area contributed by atoms with Crippen LogP contribution in [0.25, 0.3) is 16.6 Å². The van der Waals surface area contributed by atoms with Crippen molar-refractivity contribution in [1.82, 2.24) is 24.5 Å². The fourth-order valence-corrected chi connectivity index (χ4v) is 4.01. The molecule has 0 aliphatic carbocycles. The van der Waals surface area contributed by atoms with Gasteiger partial charge in [-0.05, 0) is 43.5 Å². The van der Waals surface area contributed by atoms with Crippen LogP contribution in [0.2, 0.25) is 0 Å². The molecule has 0 amide bonds. The zero-order valence-electron chi connectivity index (χ0n) is 14.5. The quantitative estimate of drug-likeness (QED) is 0.599. The van der Waals surface area contributed by atoms with Crippen molar-refractivity contribution < 1.29 is 0 Å². The van der Waals surface area contributed by atoms with Crippen molar-refractivity contribution in [2.24, 2.45) is 0 Å². The summed E-state index contributed by atoms with van der Waals surface area (Å²) in [4.78, 5) is 22.6. The molecule has 0 unspecified atom stereocenters. The predicted octanol–water partition coefficient (Wildman–Crippen LogP) is 2.88. The molecule has 0 saturated carbocycles. The van der Waals surface area contributed by atoms with Gasteiger partial charge in [0.1, 0.15) is 0 Å². The number of nitrogens with zero attached hydrogens (tertiary/aromatic N) is 3. The summed E-state index contributed by atoms with van der Waals surface area (Å²) in [6.07, 6.45) is 3.98. The SMILES string of the molecule is O=c1cc(CN2CCC(c3cc4ccccc4[nH]3)CC2)nc2cc[nH]n12. The van der Waals surface area contributed by atoms with Crippen molar-refractivity contribution in [2.45, 2.75) is 25.3 Å². The first kappa shape index (κ1) is 15.4. The molecule has 1 saturated heterocycles.